The second-order valence-electron chi connectivity index (χ2n) is 5.41. The number of rotatable bonds is 2. The summed E-state index contributed by atoms with van der Waals surface area (Å²) in [5.41, 5.74) is 2.40. The second kappa shape index (κ2) is 4.91. The maximum Gasteiger partial charge on any atom is 0.269 e. The van der Waals surface area contributed by atoms with Crippen LogP contribution in [0.3, 0.4) is 0 Å². The number of hydrogen-bond acceptors (Lipinski definition) is 4. The van der Waals surface area contributed by atoms with Gasteiger partial charge in [-0.25, -0.2) is 4.98 Å². The van der Waals surface area contributed by atoms with Gasteiger partial charge in [0, 0.05) is 12.1 Å². The van der Waals surface area contributed by atoms with Gasteiger partial charge in [-0.2, -0.15) is 0 Å². The monoisotopic (exact) mass is 308 g/mol. The van der Waals surface area contributed by atoms with Crippen LogP contribution in [0.5, 0.6) is 0 Å². The molecule has 4 rings (SSSR count). The third kappa shape index (κ3) is 2.13. The number of nitrogens with one attached hydrogen (secondary N) is 1. The molecule has 0 aliphatic carbocycles. The number of nitrogens with zero attached hydrogens (tertiary/aromatic N) is 3. The number of para-hydroxylation sites is 2. The molecule has 114 valence electrons. The van der Waals surface area contributed by atoms with Crippen LogP contribution >= 0.6 is 0 Å². The molecule has 1 N–H and O–H groups in total. The van der Waals surface area contributed by atoms with Gasteiger partial charge in [-0.05, 0) is 17.7 Å². The van der Waals surface area contributed by atoms with E-state index in [1.165, 1.54) is 12.1 Å². The lowest BCUT2D eigenvalue weighted by Crippen LogP contribution is -2.28. The smallest absolute Gasteiger partial charge is 0.269 e. The molecule has 7 nitrogen and oxygen atoms in total. The summed E-state index contributed by atoms with van der Waals surface area (Å²) in [6.07, 6.45) is 0.217. The zero-order valence-electron chi connectivity index (χ0n) is 12.0. The number of fused-ring (bicyclic) bond motifs is 3. The predicted molar refractivity (Wildman–Crippen MR) is 84.2 cm³/mol. The molecule has 0 spiro atoms. The van der Waals surface area contributed by atoms with Crippen LogP contribution in [0, 0.1) is 10.1 Å². The third-order valence-electron chi connectivity index (χ3n) is 4.00. The molecular weight excluding hydrogens is 296 g/mol. The molecule has 0 radical (unpaired) electrons. The lowest BCUT2D eigenvalue weighted by molar-refractivity contribution is -0.384. The van der Waals surface area contributed by atoms with E-state index >= 15 is 0 Å². The highest BCUT2D eigenvalue weighted by Gasteiger charge is 2.29. The molecule has 23 heavy (non-hydrogen) atoms. The average molecular weight is 308 g/mol. The van der Waals surface area contributed by atoms with Crippen molar-refractivity contribution in [3.05, 3.63) is 64.2 Å². The van der Waals surface area contributed by atoms with Crippen LogP contribution in [-0.4, -0.2) is 20.4 Å². The molecule has 1 aliphatic heterocycles. The van der Waals surface area contributed by atoms with Gasteiger partial charge in [-0.15, -0.1) is 0 Å². The van der Waals surface area contributed by atoms with Crippen molar-refractivity contribution in [3.63, 3.8) is 0 Å². The van der Waals surface area contributed by atoms with Crippen molar-refractivity contribution < 1.29 is 9.72 Å². The van der Waals surface area contributed by atoms with Gasteiger partial charge in [0.1, 0.15) is 0 Å². The van der Waals surface area contributed by atoms with Gasteiger partial charge in [0.25, 0.3) is 5.69 Å². The number of carbonyl (C=O) groups is 1. The second-order valence-corrected chi connectivity index (χ2v) is 5.41. The van der Waals surface area contributed by atoms with Crippen LogP contribution in [-0.2, 0) is 4.79 Å². The first kappa shape index (κ1) is 13.4. The zero-order valence-corrected chi connectivity index (χ0v) is 12.0. The normalized spacial score (nSPS) is 16.9. The molecule has 7 heteroatoms. The maximum absolute atomic E-state index is 12.0. The highest BCUT2D eigenvalue weighted by Crippen LogP contribution is 2.35. The summed E-state index contributed by atoms with van der Waals surface area (Å²) in [4.78, 5) is 27.0. The van der Waals surface area contributed by atoms with E-state index < -0.39 is 4.92 Å². The summed E-state index contributed by atoms with van der Waals surface area (Å²) in [5, 5.41) is 13.8. The van der Waals surface area contributed by atoms with Crippen LogP contribution < -0.4 is 5.32 Å². The Morgan fingerprint density at radius 1 is 1.22 bits per heavy atom. The maximum atomic E-state index is 12.0. The number of carbonyl (C=O) groups excluding carboxylic acids is 1. The molecule has 2 aromatic carbocycles. The van der Waals surface area contributed by atoms with Gasteiger partial charge >= 0.3 is 0 Å². The number of anilines is 1. The van der Waals surface area contributed by atoms with Crippen LogP contribution in [0.2, 0.25) is 0 Å². The minimum absolute atomic E-state index is 0.0134. The Kier molecular flexibility index (Phi) is 2.87. The summed E-state index contributed by atoms with van der Waals surface area (Å²) in [7, 11) is 0. The van der Waals surface area contributed by atoms with Crippen molar-refractivity contribution in [2.45, 2.75) is 12.5 Å². The zero-order chi connectivity index (χ0) is 16.0. The van der Waals surface area contributed by atoms with Gasteiger partial charge in [-0.1, -0.05) is 24.3 Å². The van der Waals surface area contributed by atoms with Crippen molar-refractivity contribution in [3.8, 4) is 0 Å². The Morgan fingerprint density at radius 2 is 2.04 bits per heavy atom. The van der Waals surface area contributed by atoms with Gasteiger partial charge < -0.3 is 4.57 Å². The number of nitro benzene ring substituents is 1. The molecule has 0 saturated heterocycles. The molecule has 2 heterocycles. The minimum Gasteiger partial charge on any atom is -0.302 e. The molecule has 0 saturated carbocycles. The summed E-state index contributed by atoms with van der Waals surface area (Å²) in [6, 6.07) is 13.7. The van der Waals surface area contributed by atoms with E-state index in [1.807, 2.05) is 28.8 Å². The molecular formula is C16H12N4O3. The summed E-state index contributed by atoms with van der Waals surface area (Å²) in [5.74, 6) is 0.322. The van der Waals surface area contributed by atoms with Gasteiger partial charge in [0.05, 0.1) is 28.4 Å². The number of imidazole rings is 1. The van der Waals surface area contributed by atoms with Gasteiger partial charge in [0.2, 0.25) is 11.9 Å². The Morgan fingerprint density at radius 3 is 2.87 bits per heavy atom. The van der Waals surface area contributed by atoms with Gasteiger partial charge in [-0.3, -0.25) is 20.2 Å². The van der Waals surface area contributed by atoms with E-state index in [0.717, 1.165) is 16.6 Å². The number of nitro groups is 1. The molecule has 1 aromatic heterocycles. The number of aromatic nitrogens is 2. The van der Waals surface area contributed by atoms with E-state index in [2.05, 4.69) is 10.3 Å². The first-order valence-corrected chi connectivity index (χ1v) is 7.14. The number of benzene rings is 2. The van der Waals surface area contributed by atoms with Crippen LogP contribution in [0.4, 0.5) is 11.6 Å². The first-order chi connectivity index (χ1) is 11.1. The topological polar surface area (TPSA) is 90.1 Å². The third-order valence-corrected chi connectivity index (χ3v) is 4.00. The Bertz CT molecular complexity index is 947. The summed E-state index contributed by atoms with van der Waals surface area (Å²) in [6.45, 7) is 0. The molecule has 3 aromatic rings. The SMILES string of the molecule is O=C1CC(c2cccc([N+](=O)[O-])c2)n2c(nc3ccccc32)N1. The van der Waals surface area contributed by atoms with E-state index in [9.17, 15) is 14.9 Å². The Labute approximate surface area is 130 Å². The van der Waals surface area contributed by atoms with Crippen LogP contribution in [0.25, 0.3) is 11.0 Å². The highest BCUT2D eigenvalue weighted by atomic mass is 16.6. The van der Waals surface area contributed by atoms with E-state index in [-0.39, 0.29) is 24.1 Å². The first-order valence-electron chi connectivity index (χ1n) is 7.14. The van der Waals surface area contributed by atoms with E-state index in [1.54, 1.807) is 12.1 Å². The largest absolute Gasteiger partial charge is 0.302 e. The fraction of sp³-hybridized carbons (Fsp3) is 0.125. The van der Waals surface area contributed by atoms with Crippen LogP contribution in [0.1, 0.15) is 18.0 Å². The minimum atomic E-state index is -0.431. The highest BCUT2D eigenvalue weighted by molar-refractivity contribution is 5.94. The van der Waals surface area contributed by atoms with E-state index in [0.29, 0.717) is 5.95 Å². The molecule has 1 aliphatic rings. The van der Waals surface area contributed by atoms with E-state index in [4.69, 9.17) is 0 Å². The molecule has 1 unspecified atom stereocenters. The van der Waals surface area contributed by atoms with Crippen molar-refractivity contribution in [2.75, 3.05) is 5.32 Å². The molecule has 1 atom stereocenters. The van der Waals surface area contributed by atoms with Crippen molar-refractivity contribution in [2.24, 2.45) is 0 Å². The number of non-ortho nitro benzene ring substituents is 1. The molecule has 0 fully saturated rings. The average Bonchev–Trinajstić information content (AvgIpc) is 2.92. The standard InChI is InChI=1S/C16H12N4O3/c21-15-9-14(10-4-3-5-11(8-10)20(22)23)19-13-7-2-1-6-12(13)17-16(19)18-15/h1-8,14H,9H2,(H,17,18,21). The number of amides is 1. The van der Waals surface area contributed by atoms with Gasteiger partial charge in [0.15, 0.2) is 0 Å². The summed E-state index contributed by atoms with van der Waals surface area (Å²) >= 11 is 0. The fourth-order valence-electron chi connectivity index (χ4n) is 3.00. The summed E-state index contributed by atoms with van der Waals surface area (Å²) < 4.78 is 1.93. The lowest BCUT2D eigenvalue weighted by atomic mass is 10.0. The molecule has 1 amide bonds. The quantitative estimate of drug-likeness (QED) is 0.582. The Hall–Kier alpha value is -3.22. The Balaban J connectivity index is 1.92. The molecule has 0 bridgehead atoms. The number of hydrogen-bond donors (Lipinski definition) is 1. The fourth-order valence-corrected chi connectivity index (χ4v) is 3.00. The van der Waals surface area contributed by atoms with Crippen molar-refractivity contribution >= 4 is 28.6 Å². The van der Waals surface area contributed by atoms with Crippen molar-refractivity contribution in [1.29, 1.82) is 0 Å². The van der Waals surface area contributed by atoms with Crippen molar-refractivity contribution in [1.82, 2.24) is 9.55 Å². The van der Waals surface area contributed by atoms with Crippen LogP contribution in [0.15, 0.2) is 48.5 Å². The predicted octanol–water partition coefficient (Wildman–Crippen LogP) is 2.88. The lowest BCUT2D eigenvalue weighted by Gasteiger charge is -2.26.